The molecule has 2 aliphatic rings. The van der Waals surface area contributed by atoms with Crippen molar-refractivity contribution in [3.05, 3.63) is 34.4 Å². The molecule has 0 N–H and O–H groups in total. The summed E-state index contributed by atoms with van der Waals surface area (Å²) in [6.07, 6.45) is 13.3. The van der Waals surface area contributed by atoms with Gasteiger partial charge in [-0.3, -0.25) is 4.79 Å². The van der Waals surface area contributed by atoms with Crippen LogP contribution in [-0.2, 0) is 9.53 Å². The number of rotatable bonds is 8. The molecule has 2 rings (SSSR count). The van der Waals surface area contributed by atoms with Gasteiger partial charge in [-0.05, 0) is 75.0 Å². The topological polar surface area (TPSA) is 50.1 Å². The van der Waals surface area contributed by atoms with Crippen molar-refractivity contribution in [2.45, 2.75) is 65.7 Å². The summed E-state index contributed by atoms with van der Waals surface area (Å²) in [5.74, 6) is 1.47. The van der Waals surface area contributed by atoms with Crippen molar-refractivity contribution in [3.63, 3.8) is 0 Å². The lowest BCUT2D eigenvalue weighted by atomic mass is 9.91. The van der Waals surface area contributed by atoms with Crippen LogP contribution < -0.4 is 0 Å². The van der Waals surface area contributed by atoms with Gasteiger partial charge in [0.2, 0.25) is 0 Å². The van der Waals surface area contributed by atoms with Gasteiger partial charge in [-0.1, -0.05) is 25.8 Å². The highest BCUT2D eigenvalue weighted by Gasteiger charge is 2.28. The fraction of sp³-hybridized carbons (Fsp3) is 0.636. The quantitative estimate of drug-likeness (QED) is 0.330. The molecule has 138 valence electrons. The van der Waals surface area contributed by atoms with Gasteiger partial charge in [0.15, 0.2) is 0 Å². The van der Waals surface area contributed by atoms with Gasteiger partial charge in [-0.15, -0.1) is 0 Å². The van der Waals surface area contributed by atoms with E-state index in [2.05, 4.69) is 17.7 Å². The summed E-state index contributed by atoms with van der Waals surface area (Å²) in [5.41, 5.74) is 4.01. The number of carbonyl (C=O) groups excluding carboxylic acids is 1. The van der Waals surface area contributed by atoms with Crippen molar-refractivity contribution in [3.8, 4) is 6.07 Å². The molecule has 0 aromatic carbocycles. The minimum absolute atomic E-state index is 0.532. The number of nitrogens with zero attached hydrogens (tertiary/aromatic N) is 1. The summed E-state index contributed by atoms with van der Waals surface area (Å²) in [4.78, 5) is 11.4. The third kappa shape index (κ3) is 7.40. The lowest BCUT2D eigenvalue weighted by molar-refractivity contribution is -0.104. The molecule has 0 aromatic rings. The number of hydrogen-bond acceptors (Lipinski definition) is 3. The molecule has 0 aliphatic heterocycles. The Morgan fingerprint density at radius 3 is 2.44 bits per heavy atom. The average molecular weight is 344 g/mol. The fourth-order valence-corrected chi connectivity index (χ4v) is 3.25. The van der Waals surface area contributed by atoms with E-state index in [4.69, 9.17) is 5.26 Å². The molecule has 2 aliphatic carbocycles. The third-order valence-corrected chi connectivity index (χ3v) is 4.89. The van der Waals surface area contributed by atoms with Crippen LogP contribution in [0.15, 0.2) is 34.4 Å². The van der Waals surface area contributed by atoms with Gasteiger partial charge >= 0.3 is 0 Å². The Balaban J connectivity index is 0.000000705. The SMILES string of the molecule is CC/C=C(\C=O)C1=C(/C=C(\C)C#N)C(CCC2CC2)CC1.CCOC. The first kappa shape index (κ1) is 21.4. The minimum atomic E-state index is 0.532. The molecule has 0 radical (unpaired) electrons. The normalized spacial score (nSPS) is 20.8. The van der Waals surface area contributed by atoms with Gasteiger partial charge in [-0.25, -0.2) is 0 Å². The second-order valence-electron chi connectivity index (χ2n) is 6.89. The summed E-state index contributed by atoms with van der Waals surface area (Å²) < 4.78 is 4.54. The van der Waals surface area contributed by atoms with Gasteiger partial charge in [0.25, 0.3) is 0 Å². The summed E-state index contributed by atoms with van der Waals surface area (Å²) in [6.45, 7) is 6.69. The van der Waals surface area contributed by atoms with Gasteiger partial charge in [0, 0.05) is 24.9 Å². The molecular weight excluding hydrogens is 310 g/mol. The summed E-state index contributed by atoms with van der Waals surface area (Å²) in [6, 6.07) is 2.22. The molecule has 1 fully saturated rings. The molecule has 0 spiro atoms. The fourth-order valence-electron chi connectivity index (χ4n) is 3.25. The van der Waals surface area contributed by atoms with Crippen LogP contribution in [0.25, 0.3) is 0 Å². The maximum atomic E-state index is 11.4. The highest BCUT2D eigenvalue weighted by molar-refractivity contribution is 5.81. The Morgan fingerprint density at radius 2 is 1.96 bits per heavy atom. The second-order valence-corrected chi connectivity index (χ2v) is 6.89. The predicted octanol–water partition coefficient (Wildman–Crippen LogP) is 5.54. The lowest BCUT2D eigenvalue weighted by Gasteiger charge is -2.13. The number of nitriles is 1. The predicted molar refractivity (Wildman–Crippen MR) is 103 cm³/mol. The Labute approximate surface area is 153 Å². The van der Waals surface area contributed by atoms with Crippen molar-refractivity contribution >= 4 is 6.29 Å². The van der Waals surface area contributed by atoms with Crippen molar-refractivity contribution in [2.75, 3.05) is 13.7 Å². The van der Waals surface area contributed by atoms with E-state index in [0.29, 0.717) is 5.92 Å². The van der Waals surface area contributed by atoms with Crippen molar-refractivity contribution in [2.24, 2.45) is 11.8 Å². The average Bonchev–Trinajstić information content (AvgIpc) is 3.39. The second kappa shape index (κ2) is 11.8. The first-order chi connectivity index (χ1) is 12.1. The maximum absolute atomic E-state index is 11.4. The number of hydrogen-bond donors (Lipinski definition) is 0. The van der Waals surface area contributed by atoms with E-state index in [9.17, 15) is 4.79 Å². The van der Waals surface area contributed by atoms with E-state index in [0.717, 1.165) is 49.2 Å². The minimum Gasteiger partial charge on any atom is -0.385 e. The Bertz CT molecular complexity index is 557. The van der Waals surface area contributed by atoms with E-state index >= 15 is 0 Å². The number of carbonyl (C=O) groups is 1. The van der Waals surface area contributed by atoms with E-state index in [1.54, 1.807) is 7.11 Å². The summed E-state index contributed by atoms with van der Waals surface area (Å²) in [7, 11) is 1.68. The number of methoxy groups -OCH3 is 1. The Morgan fingerprint density at radius 1 is 1.28 bits per heavy atom. The van der Waals surface area contributed by atoms with Crippen molar-refractivity contribution in [1.82, 2.24) is 0 Å². The molecule has 3 heteroatoms. The molecule has 1 atom stereocenters. The van der Waals surface area contributed by atoms with Crippen LogP contribution in [-0.4, -0.2) is 20.0 Å². The van der Waals surface area contributed by atoms with E-state index in [-0.39, 0.29) is 0 Å². The molecule has 25 heavy (non-hydrogen) atoms. The van der Waals surface area contributed by atoms with Crippen LogP contribution in [0.5, 0.6) is 0 Å². The third-order valence-electron chi connectivity index (χ3n) is 4.89. The smallest absolute Gasteiger partial charge is 0.150 e. The summed E-state index contributed by atoms with van der Waals surface area (Å²) in [5, 5.41) is 9.07. The van der Waals surface area contributed by atoms with Gasteiger partial charge in [0.05, 0.1) is 6.07 Å². The van der Waals surface area contributed by atoms with Crippen LogP contribution in [0, 0.1) is 23.2 Å². The number of aldehydes is 1. The Hall–Kier alpha value is -1.66. The van der Waals surface area contributed by atoms with Crippen LogP contribution in [0.3, 0.4) is 0 Å². The monoisotopic (exact) mass is 343 g/mol. The zero-order chi connectivity index (χ0) is 18.7. The van der Waals surface area contributed by atoms with Crippen LogP contribution >= 0.6 is 0 Å². The van der Waals surface area contributed by atoms with Gasteiger partial charge < -0.3 is 4.74 Å². The molecule has 1 unspecified atom stereocenters. The molecule has 0 bridgehead atoms. The molecule has 0 saturated heterocycles. The molecule has 0 amide bonds. The molecule has 0 aromatic heterocycles. The largest absolute Gasteiger partial charge is 0.385 e. The van der Waals surface area contributed by atoms with Gasteiger partial charge in [0.1, 0.15) is 6.29 Å². The van der Waals surface area contributed by atoms with E-state index in [1.165, 1.54) is 36.8 Å². The van der Waals surface area contributed by atoms with Crippen molar-refractivity contribution in [1.29, 1.82) is 5.26 Å². The maximum Gasteiger partial charge on any atom is 0.150 e. The first-order valence-electron chi connectivity index (χ1n) is 9.57. The molecule has 0 heterocycles. The van der Waals surface area contributed by atoms with E-state index < -0.39 is 0 Å². The Kier molecular flexibility index (Phi) is 10.1. The van der Waals surface area contributed by atoms with Crippen LogP contribution in [0.1, 0.15) is 65.7 Å². The lowest BCUT2D eigenvalue weighted by Crippen LogP contribution is -2.00. The van der Waals surface area contributed by atoms with Crippen LogP contribution in [0.4, 0.5) is 0 Å². The number of allylic oxidation sites excluding steroid dienone is 6. The highest BCUT2D eigenvalue weighted by Crippen LogP contribution is 2.42. The standard InChI is InChI=1S/C19H25NO.C3H8O/c1-3-4-17(13-21)18-10-9-16(8-7-15-5-6-15)19(18)11-14(2)12-20;1-3-4-2/h4,11,13,15-16H,3,5-10H2,1-2H3;3H2,1-2H3/b14-11+,17-4+;. The number of ether oxygens (including phenoxy) is 1. The highest BCUT2D eigenvalue weighted by atomic mass is 16.5. The zero-order valence-electron chi connectivity index (χ0n) is 16.3. The molecule has 1 saturated carbocycles. The zero-order valence-corrected chi connectivity index (χ0v) is 16.3. The molecule has 3 nitrogen and oxygen atoms in total. The van der Waals surface area contributed by atoms with Crippen molar-refractivity contribution < 1.29 is 9.53 Å². The van der Waals surface area contributed by atoms with Crippen LogP contribution in [0.2, 0.25) is 0 Å². The molecular formula is C22H33NO2. The first-order valence-corrected chi connectivity index (χ1v) is 9.57. The summed E-state index contributed by atoms with van der Waals surface area (Å²) >= 11 is 0. The van der Waals surface area contributed by atoms with Gasteiger partial charge in [-0.2, -0.15) is 5.26 Å². The van der Waals surface area contributed by atoms with E-state index in [1.807, 2.05) is 26.0 Å².